The van der Waals surface area contributed by atoms with E-state index in [0.29, 0.717) is 5.56 Å². The van der Waals surface area contributed by atoms with E-state index in [-0.39, 0.29) is 23.0 Å². The minimum atomic E-state index is -0.0892. The summed E-state index contributed by atoms with van der Waals surface area (Å²) in [6.07, 6.45) is 6.46. The highest BCUT2D eigenvalue weighted by Gasteiger charge is 2.64. The molecule has 0 aliphatic heterocycles. The molecule has 6 heteroatoms. The topological polar surface area (TPSA) is 73.7 Å². The third-order valence-corrected chi connectivity index (χ3v) is 6.82. The van der Waals surface area contributed by atoms with Crippen molar-refractivity contribution >= 4 is 27.8 Å². The van der Waals surface area contributed by atoms with Crippen LogP contribution in [0.15, 0.2) is 28.7 Å². The molecule has 1 saturated carbocycles. The maximum absolute atomic E-state index is 9.11. The molecule has 0 radical (unpaired) electrons. The number of rotatable bonds is 4. The number of nitriles is 1. The van der Waals surface area contributed by atoms with Crippen LogP contribution in [-0.4, -0.2) is 22.3 Å². The van der Waals surface area contributed by atoms with Crippen LogP contribution in [0.4, 0.5) is 5.82 Å². The summed E-state index contributed by atoms with van der Waals surface area (Å²) in [5.74, 6) is 1.70. The second-order valence-corrected chi connectivity index (χ2v) is 9.73. The number of nitrogens with zero attached hydrogens (tertiary/aromatic N) is 2. The minimum Gasteiger partial charge on any atom is -0.489 e. The van der Waals surface area contributed by atoms with Gasteiger partial charge in [0.15, 0.2) is 5.82 Å². The van der Waals surface area contributed by atoms with Gasteiger partial charge in [0.05, 0.1) is 5.56 Å². The van der Waals surface area contributed by atoms with Crippen LogP contribution in [0.5, 0.6) is 5.75 Å². The number of anilines is 1. The minimum absolute atomic E-state index is 0.0302. The fourth-order valence-electron chi connectivity index (χ4n) is 5.03. The van der Waals surface area contributed by atoms with Crippen molar-refractivity contribution in [3.63, 3.8) is 0 Å². The van der Waals surface area contributed by atoms with Crippen LogP contribution in [0.1, 0.15) is 50.9 Å². The molecule has 2 N–H and O–H groups in total. The molecule has 28 heavy (non-hydrogen) atoms. The normalized spacial score (nSPS) is 24.0. The second-order valence-electron chi connectivity index (χ2n) is 8.88. The number of fused-ring (bicyclic) bond motifs is 1. The number of benzene rings is 1. The molecule has 2 aliphatic rings. The van der Waals surface area contributed by atoms with E-state index in [1.807, 2.05) is 12.1 Å². The smallest absolute Gasteiger partial charge is 0.155 e. The summed E-state index contributed by atoms with van der Waals surface area (Å²) in [6, 6.07) is 7.91. The van der Waals surface area contributed by atoms with Gasteiger partial charge >= 0.3 is 0 Å². The Hall–Kier alpha value is -2.26. The molecule has 146 valence electrons. The molecular weight excluding hydrogens is 416 g/mol. The zero-order chi connectivity index (χ0) is 20.1. The predicted octanol–water partition coefficient (Wildman–Crippen LogP) is 5.30. The summed E-state index contributed by atoms with van der Waals surface area (Å²) in [5.41, 5.74) is 2.81. The van der Waals surface area contributed by atoms with Crippen molar-refractivity contribution in [2.24, 2.45) is 10.8 Å². The number of ether oxygens (including phenoxy) is 1. The van der Waals surface area contributed by atoms with Crippen LogP contribution in [0.3, 0.4) is 0 Å². The molecule has 1 fully saturated rings. The first kappa shape index (κ1) is 19.1. The lowest BCUT2D eigenvalue weighted by Gasteiger charge is -2.63. The van der Waals surface area contributed by atoms with E-state index in [4.69, 9.17) is 10.00 Å². The van der Waals surface area contributed by atoms with Gasteiger partial charge in [-0.05, 0) is 47.0 Å². The Morgan fingerprint density at radius 2 is 2.04 bits per heavy atom. The molecule has 0 saturated heterocycles. The number of nitrogens with one attached hydrogen (secondary N) is 2. The van der Waals surface area contributed by atoms with Crippen molar-refractivity contribution in [3.05, 3.63) is 45.6 Å². The summed E-state index contributed by atoms with van der Waals surface area (Å²) < 4.78 is 7.16. The zero-order valence-corrected chi connectivity index (χ0v) is 18.2. The molecule has 0 spiro atoms. The lowest BCUT2D eigenvalue weighted by molar-refractivity contribution is -0.147. The number of hydrogen-bond acceptors (Lipinski definition) is 4. The Kier molecular flexibility index (Phi) is 4.54. The van der Waals surface area contributed by atoms with E-state index >= 15 is 0 Å². The van der Waals surface area contributed by atoms with E-state index in [2.05, 4.69) is 77.4 Å². The fraction of sp³-hybridized carbons (Fsp3) is 0.455. The first-order valence-electron chi connectivity index (χ1n) is 9.61. The number of aryl methyl sites for hydroxylation is 1. The molecule has 0 unspecified atom stereocenters. The maximum Gasteiger partial charge on any atom is 0.155 e. The van der Waals surface area contributed by atoms with Crippen molar-refractivity contribution < 1.29 is 4.74 Å². The van der Waals surface area contributed by atoms with Crippen LogP contribution < -0.4 is 10.1 Å². The SMILES string of the molecule is CC1(C)[C@H](Nc2n[nH]c3c2C=CCC3)C(C)(C)[C@H]1Oc1ccc(C#N)c(Br)c1. The van der Waals surface area contributed by atoms with E-state index in [1.54, 1.807) is 6.07 Å². The maximum atomic E-state index is 9.11. The molecule has 1 heterocycles. The lowest BCUT2D eigenvalue weighted by atomic mass is 9.49. The van der Waals surface area contributed by atoms with Gasteiger partial charge in [-0.2, -0.15) is 10.4 Å². The van der Waals surface area contributed by atoms with Gasteiger partial charge < -0.3 is 10.1 Å². The lowest BCUT2D eigenvalue weighted by Crippen LogP contribution is -2.72. The predicted molar refractivity (Wildman–Crippen MR) is 114 cm³/mol. The van der Waals surface area contributed by atoms with E-state index in [0.717, 1.165) is 28.9 Å². The molecule has 5 nitrogen and oxygen atoms in total. The van der Waals surface area contributed by atoms with Gasteiger partial charge in [0, 0.05) is 32.6 Å². The Morgan fingerprint density at radius 1 is 1.29 bits per heavy atom. The third-order valence-electron chi connectivity index (χ3n) is 6.16. The Labute approximate surface area is 174 Å². The summed E-state index contributed by atoms with van der Waals surface area (Å²) in [4.78, 5) is 0. The number of hydrogen-bond donors (Lipinski definition) is 2. The zero-order valence-electron chi connectivity index (χ0n) is 16.6. The second kappa shape index (κ2) is 6.66. The first-order valence-corrected chi connectivity index (χ1v) is 10.4. The highest BCUT2D eigenvalue weighted by molar-refractivity contribution is 9.10. The summed E-state index contributed by atoms with van der Waals surface area (Å²) >= 11 is 3.45. The van der Waals surface area contributed by atoms with Gasteiger partial charge in [-0.15, -0.1) is 0 Å². The molecule has 1 aromatic heterocycles. The number of allylic oxidation sites excluding steroid dienone is 1. The van der Waals surface area contributed by atoms with E-state index in [1.165, 1.54) is 11.3 Å². The fourth-order valence-corrected chi connectivity index (χ4v) is 5.47. The van der Waals surface area contributed by atoms with Crippen molar-refractivity contribution in [2.45, 2.75) is 52.7 Å². The molecule has 0 atom stereocenters. The van der Waals surface area contributed by atoms with Crippen LogP contribution >= 0.6 is 15.9 Å². The number of aromatic amines is 1. The van der Waals surface area contributed by atoms with Gasteiger partial charge in [0.25, 0.3) is 0 Å². The van der Waals surface area contributed by atoms with Crippen LogP contribution in [0, 0.1) is 22.2 Å². The number of halogens is 1. The highest BCUT2D eigenvalue weighted by Crippen LogP contribution is 2.56. The summed E-state index contributed by atoms with van der Waals surface area (Å²) in [5, 5.41) is 20.5. The van der Waals surface area contributed by atoms with Crippen LogP contribution in [0.2, 0.25) is 0 Å². The van der Waals surface area contributed by atoms with Gasteiger partial charge in [0.1, 0.15) is 17.9 Å². The van der Waals surface area contributed by atoms with Crippen molar-refractivity contribution in [1.82, 2.24) is 10.2 Å². The van der Waals surface area contributed by atoms with Gasteiger partial charge in [-0.3, -0.25) is 5.10 Å². The van der Waals surface area contributed by atoms with Gasteiger partial charge in [-0.1, -0.05) is 39.8 Å². The average Bonchev–Trinajstić information content (AvgIpc) is 3.07. The quantitative estimate of drug-likeness (QED) is 0.676. The average molecular weight is 441 g/mol. The first-order chi connectivity index (χ1) is 13.2. The van der Waals surface area contributed by atoms with E-state index < -0.39 is 0 Å². The van der Waals surface area contributed by atoms with Crippen molar-refractivity contribution in [2.75, 3.05) is 5.32 Å². The monoisotopic (exact) mass is 440 g/mol. The largest absolute Gasteiger partial charge is 0.489 e. The van der Waals surface area contributed by atoms with E-state index in [9.17, 15) is 0 Å². The molecular formula is C22H25BrN4O. The standard InChI is InChI=1S/C22H25BrN4O/c1-21(2)19(25-18-15-7-5-6-8-17(15)26-27-18)22(3,4)20(21)28-14-10-9-13(12-24)16(23)11-14/h5,7,9-11,19-20H,6,8H2,1-4H3,(H2,25,26,27)/t19-,20-. The van der Waals surface area contributed by atoms with Crippen LogP contribution in [-0.2, 0) is 6.42 Å². The number of H-pyrrole nitrogens is 1. The highest BCUT2D eigenvalue weighted by atomic mass is 79.9. The molecule has 0 amide bonds. The Morgan fingerprint density at radius 3 is 2.71 bits per heavy atom. The third kappa shape index (κ3) is 2.93. The van der Waals surface area contributed by atoms with Crippen molar-refractivity contribution in [1.29, 1.82) is 5.26 Å². The summed E-state index contributed by atoms with van der Waals surface area (Å²) in [6.45, 7) is 8.92. The number of aromatic nitrogens is 2. The van der Waals surface area contributed by atoms with Crippen LogP contribution in [0.25, 0.3) is 6.08 Å². The van der Waals surface area contributed by atoms with Crippen molar-refractivity contribution in [3.8, 4) is 11.8 Å². The van der Waals surface area contributed by atoms with Gasteiger partial charge in [-0.25, -0.2) is 0 Å². The molecule has 2 aromatic rings. The Balaban J connectivity index is 1.55. The molecule has 1 aromatic carbocycles. The Bertz CT molecular complexity index is 967. The van der Waals surface area contributed by atoms with Gasteiger partial charge in [0.2, 0.25) is 0 Å². The molecule has 2 aliphatic carbocycles. The molecule has 0 bridgehead atoms. The molecule has 4 rings (SSSR count). The summed E-state index contributed by atoms with van der Waals surface area (Å²) in [7, 11) is 0.